The van der Waals surface area contributed by atoms with Crippen LogP contribution in [-0.2, 0) is 0 Å². The standard InChI is InChI=1S/C23H24F2N6O/c24-17-9-16(10-18(25)11-17)20-12-21(31-30-20)28-23(27-19-6-1-2-7-19)29-22(32)15-5-3-4-14(8-15)13-26/h3-5,8-11,19-21,30-31H,1-2,6-7,12H2,(H2,27,28,29,32). The molecule has 2 fully saturated rings. The van der Waals surface area contributed by atoms with E-state index in [4.69, 9.17) is 5.26 Å². The van der Waals surface area contributed by atoms with Crippen molar-refractivity contribution in [1.82, 2.24) is 21.5 Å². The number of rotatable bonds is 4. The number of nitrogens with one attached hydrogen (secondary N) is 4. The Morgan fingerprint density at radius 1 is 1.06 bits per heavy atom. The number of nitrogens with zero attached hydrogens (tertiary/aromatic N) is 2. The number of aliphatic imine (C=N–C) groups is 1. The van der Waals surface area contributed by atoms with Gasteiger partial charge in [-0.3, -0.25) is 4.79 Å². The van der Waals surface area contributed by atoms with Gasteiger partial charge in [-0.15, -0.1) is 0 Å². The van der Waals surface area contributed by atoms with Crippen molar-refractivity contribution in [2.75, 3.05) is 0 Å². The van der Waals surface area contributed by atoms with E-state index in [2.05, 4.69) is 26.5 Å². The summed E-state index contributed by atoms with van der Waals surface area (Å²) in [5, 5.41) is 15.6. The maximum Gasteiger partial charge on any atom is 0.280 e. The van der Waals surface area contributed by atoms with Crippen LogP contribution in [0.15, 0.2) is 47.5 Å². The second kappa shape index (κ2) is 9.85. The molecule has 1 heterocycles. The van der Waals surface area contributed by atoms with Crippen molar-refractivity contribution in [2.24, 2.45) is 4.99 Å². The molecule has 1 aliphatic carbocycles. The number of carbonyl (C=O) groups is 1. The van der Waals surface area contributed by atoms with Gasteiger partial charge >= 0.3 is 0 Å². The molecule has 1 amide bonds. The van der Waals surface area contributed by atoms with E-state index in [-0.39, 0.29) is 18.2 Å². The zero-order chi connectivity index (χ0) is 22.5. The van der Waals surface area contributed by atoms with Crippen molar-refractivity contribution in [2.45, 2.75) is 50.4 Å². The number of amides is 1. The minimum Gasteiger partial charge on any atom is -0.353 e. The van der Waals surface area contributed by atoms with Gasteiger partial charge in [0.2, 0.25) is 5.96 Å². The van der Waals surface area contributed by atoms with Crippen molar-refractivity contribution in [3.8, 4) is 6.07 Å². The van der Waals surface area contributed by atoms with E-state index in [1.54, 1.807) is 18.2 Å². The number of hydrazine groups is 1. The van der Waals surface area contributed by atoms with Gasteiger partial charge in [0.25, 0.3) is 5.91 Å². The molecule has 9 heteroatoms. The van der Waals surface area contributed by atoms with Crippen molar-refractivity contribution in [1.29, 1.82) is 5.26 Å². The first-order valence-electron chi connectivity index (χ1n) is 10.6. The maximum absolute atomic E-state index is 13.6. The van der Waals surface area contributed by atoms with Crippen LogP contribution < -0.4 is 21.5 Å². The zero-order valence-corrected chi connectivity index (χ0v) is 17.4. The van der Waals surface area contributed by atoms with Crippen LogP contribution in [0.2, 0.25) is 0 Å². The van der Waals surface area contributed by atoms with E-state index in [1.165, 1.54) is 18.2 Å². The Labute approximate surface area is 184 Å². The van der Waals surface area contributed by atoms with Crippen LogP contribution >= 0.6 is 0 Å². The highest BCUT2D eigenvalue weighted by Crippen LogP contribution is 2.23. The van der Waals surface area contributed by atoms with E-state index in [9.17, 15) is 13.6 Å². The quantitative estimate of drug-likeness (QED) is 0.433. The normalized spacial score (nSPS) is 21.3. The molecule has 0 bridgehead atoms. The van der Waals surface area contributed by atoms with Crippen molar-refractivity contribution in [3.05, 3.63) is 70.8 Å². The molecule has 2 aliphatic rings. The minimum absolute atomic E-state index is 0.210. The van der Waals surface area contributed by atoms with Gasteiger partial charge in [0.15, 0.2) is 0 Å². The third-order valence-electron chi connectivity index (χ3n) is 5.65. The Balaban J connectivity index is 1.48. The number of carbonyl (C=O) groups excluding carboxylic acids is 1. The van der Waals surface area contributed by atoms with Crippen LogP contribution in [0.4, 0.5) is 8.78 Å². The summed E-state index contributed by atoms with van der Waals surface area (Å²) in [4.78, 5) is 17.0. The average molecular weight is 438 g/mol. The third-order valence-corrected chi connectivity index (χ3v) is 5.65. The summed E-state index contributed by atoms with van der Waals surface area (Å²) < 4.78 is 27.2. The molecule has 1 aliphatic heterocycles. The van der Waals surface area contributed by atoms with Crippen molar-refractivity contribution < 1.29 is 13.6 Å². The van der Waals surface area contributed by atoms with Gasteiger partial charge in [-0.05, 0) is 48.7 Å². The summed E-state index contributed by atoms with van der Waals surface area (Å²) in [6.07, 6.45) is 4.35. The van der Waals surface area contributed by atoms with Gasteiger partial charge < -0.3 is 10.6 Å². The first-order valence-corrected chi connectivity index (χ1v) is 10.6. The lowest BCUT2D eigenvalue weighted by Gasteiger charge is -2.20. The molecule has 2 aromatic carbocycles. The fraction of sp³-hybridized carbons (Fsp3) is 0.348. The third kappa shape index (κ3) is 5.46. The molecule has 0 spiro atoms. The van der Waals surface area contributed by atoms with Crippen molar-refractivity contribution in [3.63, 3.8) is 0 Å². The molecule has 1 saturated carbocycles. The largest absolute Gasteiger partial charge is 0.353 e. The van der Waals surface area contributed by atoms with Gasteiger partial charge in [0, 0.05) is 30.1 Å². The van der Waals surface area contributed by atoms with Gasteiger partial charge in [0.1, 0.15) is 11.6 Å². The molecule has 4 N–H and O–H groups in total. The highest BCUT2D eigenvalue weighted by molar-refractivity contribution is 6.03. The van der Waals surface area contributed by atoms with E-state index in [1.807, 2.05) is 6.07 Å². The Morgan fingerprint density at radius 2 is 1.81 bits per heavy atom. The molecule has 4 rings (SSSR count). The number of benzene rings is 2. The lowest BCUT2D eigenvalue weighted by Crippen LogP contribution is -2.51. The monoisotopic (exact) mass is 438 g/mol. The van der Waals surface area contributed by atoms with E-state index < -0.39 is 17.5 Å². The molecule has 2 aromatic rings. The van der Waals surface area contributed by atoms with Gasteiger partial charge in [0.05, 0.1) is 17.8 Å². The van der Waals surface area contributed by atoms with E-state index in [0.717, 1.165) is 31.7 Å². The molecule has 1 saturated heterocycles. The molecule has 2 atom stereocenters. The van der Waals surface area contributed by atoms with Crippen LogP contribution in [0.25, 0.3) is 0 Å². The van der Waals surface area contributed by atoms with Crippen LogP contribution in [0.3, 0.4) is 0 Å². The predicted molar refractivity (Wildman–Crippen MR) is 115 cm³/mol. The van der Waals surface area contributed by atoms with Crippen molar-refractivity contribution >= 4 is 11.9 Å². The fourth-order valence-corrected chi connectivity index (χ4v) is 4.07. The Bertz CT molecular complexity index is 1040. The summed E-state index contributed by atoms with van der Waals surface area (Å²) in [6.45, 7) is 0. The van der Waals surface area contributed by atoms with Gasteiger partial charge in [-0.1, -0.05) is 18.9 Å². The molecule has 2 unspecified atom stereocenters. The van der Waals surface area contributed by atoms with Crippen LogP contribution in [-0.4, -0.2) is 24.1 Å². The van der Waals surface area contributed by atoms with Gasteiger partial charge in [-0.2, -0.15) is 10.3 Å². The molecular formula is C23H24F2N6O. The molecule has 0 aromatic heterocycles. The van der Waals surface area contributed by atoms with Crippen LogP contribution in [0, 0.1) is 23.0 Å². The van der Waals surface area contributed by atoms with Crippen LogP contribution in [0.5, 0.6) is 0 Å². The zero-order valence-electron chi connectivity index (χ0n) is 17.4. The fourth-order valence-electron chi connectivity index (χ4n) is 4.07. The minimum atomic E-state index is -0.631. The topological polar surface area (TPSA) is 101 Å². The number of hydrogen-bond acceptors (Lipinski definition) is 4. The first kappa shape index (κ1) is 21.9. The smallest absolute Gasteiger partial charge is 0.280 e. The summed E-state index contributed by atoms with van der Waals surface area (Å²) in [5.41, 5.74) is 7.27. The summed E-state index contributed by atoms with van der Waals surface area (Å²) >= 11 is 0. The molecule has 7 nitrogen and oxygen atoms in total. The Morgan fingerprint density at radius 3 is 2.53 bits per heavy atom. The van der Waals surface area contributed by atoms with Gasteiger partial charge in [-0.25, -0.2) is 19.6 Å². The molecule has 0 radical (unpaired) electrons. The lowest BCUT2D eigenvalue weighted by molar-refractivity contribution is 0.100. The average Bonchev–Trinajstić information content (AvgIpc) is 3.45. The predicted octanol–water partition coefficient (Wildman–Crippen LogP) is 3.02. The highest BCUT2D eigenvalue weighted by Gasteiger charge is 2.27. The summed E-state index contributed by atoms with van der Waals surface area (Å²) in [7, 11) is 0. The van der Waals surface area contributed by atoms with Crippen LogP contribution in [0.1, 0.15) is 59.6 Å². The molecule has 166 valence electrons. The van der Waals surface area contributed by atoms with E-state index >= 15 is 0 Å². The summed E-state index contributed by atoms with van der Waals surface area (Å²) in [6, 6.07) is 11.7. The number of halogens is 2. The number of nitriles is 1. The Hall–Kier alpha value is -3.35. The number of guanidine groups is 1. The first-order chi connectivity index (χ1) is 15.5. The lowest BCUT2D eigenvalue weighted by atomic mass is 10.0. The molecular weight excluding hydrogens is 414 g/mol. The number of hydrogen-bond donors (Lipinski definition) is 4. The molecule has 32 heavy (non-hydrogen) atoms. The van der Waals surface area contributed by atoms with E-state index in [0.29, 0.717) is 29.1 Å². The second-order valence-electron chi connectivity index (χ2n) is 8.06. The SMILES string of the molecule is N#Cc1cccc(C(=O)/N=C(/NC2CCCC2)NC2CC(c3cc(F)cc(F)c3)NN2)c1. The summed E-state index contributed by atoms with van der Waals surface area (Å²) in [5.74, 6) is -1.40. The highest BCUT2D eigenvalue weighted by atomic mass is 19.1. The second-order valence-corrected chi connectivity index (χ2v) is 8.06. The Kier molecular flexibility index (Phi) is 6.73. The maximum atomic E-state index is 13.6.